The first-order valence-electron chi connectivity index (χ1n) is 37.4. The third-order valence-corrected chi connectivity index (χ3v) is 18.8. The molecule has 0 spiro atoms. The predicted octanol–water partition coefficient (Wildman–Crippen LogP) is 23.3. The van der Waals surface area contributed by atoms with Gasteiger partial charge in [-0.1, -0.05) is 157 Å². The second kappa shape index (κ2) is 41.0. The van der Waals surface area contributed by atoms with Crippen molar-refractivity contribution in [1.82, 2.24) is 5.48 Å². The Morgan fingerprint density at radius 3 is 1.19 bits per heavy atom. The summed E-state index contributed by atoms with van der Waals surface area (Å²) in [4.78, 5) is 69.9. The van der Waals surface area contributed by atoms with Crippen molar-refractivity contribution in [2.24, 2.45) is 15.0 Å². The molecule has 0 saturated heterocycles. The topological polar surface area (TPSA) is 292 Å². The van der Waals surface area contributed by atoms with Gasteiger partial charge in [0.15, 0.2) is 28.7 Å². The highest BCUT2D eigenvalue weighted by atomic mass is 36.0. The van der Waals surface area contributed by atoms with Crippen LogP contribution in [0.4, 0.5) is 46.0 Å². The van der Waals surface area contributed by atoms with Gasteiger partial charge in [-0.25, -0.2) is 42.8 Å². The number of benzene rings is 14. The Balaban J connectivity index is 0.000000129. The number of hydroxylamine groups is 1. The summed E-state index contributed by atoms with van der Waals surface area (Å²) in [6, 6.07) is 89.9. The van der Waals surface area contributed by atoms with E-state index in [1.165, 1.54) is 49.0 Å². The molecule has 5 aliphatic heterocycles. The van der Waals surface area contributed by atoms with Gasteiger partial charge in [0.25, 0.3) is 11.8 Å². The molecule has 0 saturated carbocycles. The minimum atomic E-state index is -3.22. The van der Waals surface area contributed by atoms with E-state index in [9.17, 15) is 46.1 Å². The van der Waals surface area contributed by atoms with E-state index in [0.717, 1.165) is 47.0 Å². The van der Waals surface area contributed by atoms with E-state index >= 15 is 0 Å². The monoisotopic (exact) mass is 1770 g/mol. The van der Waals surface area contributed by atoms with E-state index in [0.29, 0.717) is 126 Å². The minimum absolute atomic E-state index is 0.00732. The van der Waals surface area contributed by atoms with Gasteiger partial charge in [-0.05, 0) is 204 Å². The van der Waals surface area contributed by atoms with Crippen LogP contribution in [-0.2, 0) is 9.30 Å². The van der Waals surface area contributed by atoms with Gasteiger partial charge in [0.2, 0.25) is 0 Å². The zero-order chi connectivity index (χ0) is 88.3. The Bertz CT molecular complexity index is 6410. The van der Waals surface area contributed by atoms with E-state index in [1.54, 1.807) is 48.5 Å². The number of esters is 1. The quantitative estimate of drug-likeness (QED) is 0.00948. The number of aldehydes is 2. The first-order valence-corrected chi connectivity index (χ1v) is 42.3. The van der Waals surface area contributed by atoms with Crippen molar-refractivity contribution in [2.75, 3.05) is 17.7 Å². The molecule has 1 unspecified atom stereocenters. The summed E-state index contributed by atoms with van der Waals surface area (Å²) < 4.78 is 100. The number of rotatable bonds is 8. The minimum Gasteiger partial charge on any atom is -0.465 e. The van der Waals surface area contributed by atoms with Crippen molar-refractivity contribution in [3.63, 3.8) is 0 Å². The molecule has 0 aliphatic carbocycles. The number of carbonyl (C=O) groups excluding carboxylic acids is 5. The Morgan fingerprint density at radius 1 is 0.424 bits per heavy atom. The largest absolute Gasteiger partial charge is 0.491 e. The van der Waals surface area contributed by atoms with E-state index in [2.05, 4.69) is 64.1 Å². The van der Waals surface area contributed by atoms with Gasteiger partial charge in [0.05, 0.1) is 46.7 Å². The third-order valence-electron chi connectivity index (χ3n) is 18.5. The molecular weight excluding hydrogens is 1710 g/mol. The molecule has 19 rings (SSSR count). The summed E-state index contributed by atoms with van der Waals surface area (Å²) in [7, 11) is -0.584. The molecule has 0 bridgehead atoms. The number of halogens is 8. The fourth-order valence-electron chi connectivity index (χ4n) is 12.7. The highest BCUT2D eigenvalue weighted by Gasteiger charge is 2.28. The van der Waals surface area contributed by atoms with Crippen molar-refractivity contribution in [2.45, 2.75) is 5.50 Å². The lowest BCUT2D eigenvalue weighted by Gasteiger charge is -2.11. The number of aliphatic imine (C=N–C) groups is 3. The van der Waals surface area contributed by atoms with E-state index in [-0.39, 0.29) is 50.3 Å². The number of nitrogens with zero attached hydrogens (tertiary/aromatic N) is 3. The molecule has 14 aromatic carbocycles. The van der Waals surface area contributed by atoms with Crippen molar-refractivity contribution in [3.05, 3.63) is 405 Å². The second-order valence-electron chi connectivity index (χ2n) is 26.6. The smallest absolute Gasteiger partial charge is 0.465 e. The molecular formula is C94H64BCl4F4N6O15P. The van der Waals surface area contributed by atoms with Crippen LogP contribution in [0.1, 0.15) is 96.2 Å². The molecule has 21 nitrogen and oxygen atoms in total. The molecule has 624 valence electrons. The lowest BCUT2D eigenvalue weighted by Crippen LogP contribution is -2.32. The van der Waals surface area contributed by atoms with Crippen LogP contribution >= 0.6 is 50.5 Å². The normalized spacial score (nSPS) is 12.7. The molecule has 0 radical (unpaired) electrons. The molecule has 125 heavy (non-hydrogen) atoms. The average Bonchev–Trinajstić information content (AvgIpc) is 1.74. The van der Waals surface area contributed by atoms with Gasteiger partial charge in [-0.2, -0.15) is 0 Å². The van der Waals surface area contributed by atoms with Crippen LogP contribution in [0.3, 0.4) is 0 Å². The molecule has 14 aromatic rings. The summed E-state index contributed by atoms with van der Waals surface area (Å²) in [5, 5.41) is 28.7. The molecule has 31 heteroatoms. The highest BCUT2D eigenvalue weighted by Crippen LogP contribution is 2.61. The molecule has 1 atom stereocenters. The number of methoxy groups -OCH3 is 1. The fourth-order valence-corrected chi connectivity index (χ4v) is 13.0. The van der Waals surface area contributed by atoms with Crippen molar-refractivity contribution >= 4 is 139 Å². The number of amides is 2. The second-order valence-corrected chi connectivity index (χ2v) is 33.7. The summed E-state index contributed by atoms with van der Waals surface area (Å²) in [5.74, 6) is 2.43. The highest BCUT2D eigenvalue weighted by molar-refractivity contribution is 8.24. The van der Waals surface area contributed by atoms with Crippen molar-refractivity contribution in [1.29, 1.82) is 0 Å². The average molecular weight is 1780 g/mol. The predicted molar refractivity (Wildman–Crippen MR) is 473 cm³/mol. The maximum atomic E-state index is 14.8. The molecule has 0 fully saturated rings. The van der Waals surface area contributed by atoms with Crippen LogP contribution in [-0.4, -0.2) is 77.0 Å². The first kappa shape index (κ1) is 88.5. The summed E-state index contributed by atoms with van der Waals surface area (Å²) in [6.07, 6.45) is 1.10. The van der Waals surface area contributed by atoms with Gasteiger partial charge in [-0.3, -0.25) is 29.0 Å². The molecule has 5 heterocycles. The van der Waals surface area contributed by atoms with Crippen LogP contribution in [0.25, 0.3) is 0 Å². The number of alkyl halides is 1. The SMILES string of the molecule is COC(=O)c1ccc(C2=Nc3ccccc3Oc3ccccc32)c(F)c1.ClC1Nc2ccccc2Oc2ccccc21.O=C(NO)c1ccc(C2=Nc3ccccc3Oc3ccccc32)c(F)c1.O=C1Nc2ccccc2Oc2ccccc21.O=Cc1ccc(B(O)O)c(F)c1.O=Cc1ccc(C2=Nc3ccccc3Oc3ccccc32)c(F)c1.O=P(Cl)(Cl)Cl. The maximum absolute atomic E-state index is 14.8. The van der Waals surface area contributed by atoms with Gasteiger partial charge in [0, 0.05) is 61.1 Å². The van der Waals surface area contributed by atoms with Crippen LogP contribution in [0.2, 0.25) is 0 Å². The van der Waals surface area contributed by atoms with Gasteiger partial charge in [-0.15, -0.1) is 0 Å². The van der Waals surface area contributed by atoms with Gasteiger partial charge >= 0.3 is 18.3 Å². The standard InChI is InChI=1S/C21H14FNO3.C20H13FN2O3.C20H12FNO2.C13H10ClNO.C13H9NO2.C7H6BFO3.Cl3OP/c1-25-21(24)13-10-11-14(16(22)12-13)20-15-6-2-4-8-18(15)26-19-9-5-3-7-17(19)23-20;21-15-11-12(20(24)23-25)9-10-13(15)19-14-5-1-3-7-17(14)26-18-8-4-2-6-16(18)22-19;21-16-11-13(12-23)9-10-14(16)20-15-5-1-3-7-18(15)24-19-8-4-2-6-17(19)22-20;14-13-9-5-1-3-7-11(9)16-12-8-4-2-6-10(12)15-13;15-13-9-5-1-3-7-11(9)16-12-8-4-2-6-10(12)14-13;9-7-3-5(4-10)1-2-6(7)8(11)12;1-5(2,3)4/h2-12H,1H3;1-11,25H,(H,23,24);1-12H;1-8,13,15H;1-8H,(H,14,15);1-4,11-12H;. The number of hydrogen-bond acceptors (Lipinski definition) is 19. The molecule has 0 aromatic heterocycles. The Morgan fingerprint density at radius 2 is 0.760 bits per heavy atom. The first-order chi connectivity index (χ1) is 60.4. The van der Waals surface area contributed by atoms with E-state index in [4.69, 9.17) is 50.5 Å². The van der Waals surface area contributed by atoms with Gasteiger partial charge < -0.3 is 49.1 Å². The lowest BCUT2D eigenvalue weighted by molar-refractivity contribution is 0.0599. The number of carbonyl (C=O) groups is 5. The zero-order valence-corrected chi connectivity index (χ0v) is 68.8. The lowest BCUT2D eigenvalue weighted by atomic mass is 9.79. The zero-order valence-electron chi connectivity index (χ0n) is 64.9. The van der Waals surface area contributed by atoms with E-state index in [1.807, 2.05) is 206 Å². The van der Waals surface area contributed by atoms with Crippen LogP contribution in [0, 0.1) is 23.3 Å². The van der Waals surface area contributed by atoms with E-state index < -0.39 is 47.5 Å². The fraction of sp³-hybridized carbons (Fsp3) is 0.0213. The van der Waals surface area contributed by atoms with Crippen molar-refractivity contribution < 1.29 is 89.8 Å². The number of ether oxygens (including phenoxy) is 6. The summed E-state index contributed by atoms with van der Waals surface area (Å²) in [5.41, 5.74) is 10.7. The summed E-state index contributed by atoms with van der Waals surface area (Å²) >= 11 is 20.1. The number of hydrogen-bond donors (Lipinski definition) is 6. The molecule has 2 amide bonds. The summed E-state index contributed by atoms with van der Waals surface area (Å²) in [6.45, 7) is 0. The van der Waals surface area contributed by atoms with Crippen molar-refractivity contribution in [3.8, 4) is 57.5 Å². The van der Waals surface area contributed by atoms with Crippen LogP contribution in [0.5, 0.6) is 57.5 Å². The number of anilines is 2. The Kier molecular flexibility index (Phi) is 29.1. The van der Waals surface area contributed by atoms with Crippen LogP contribution < -0.4 is 45.3 Å². The number of fused-ring (bicyclic) bond motifs is 10. The number of nitrogens with one attached hydrogen (secondary N) is 3. The van der Waals surface area contributed by atoms with Gasteiger partial charge in [0.1, 0.15) is 87.2 Å². The number of para-hydroxylation sites is 15. The molecule has 5 aliphatic rings. The third kappa shape index (κ3) is 22.1. The molecule has 6 N–H and O–H groups in total. The Hall–Kier alpha value is -14.3. The maximum Gasteiger partial charge on any atom is 0.491 e. The van der Waals surface area contributed by atoms with Crippen LogP contribution in [0.15, 0.2) is 330 Å². The Labute approximate surface area is 730 Å².